The Balaban J connectivity index is 2.03. The maximum atomic E-state index is 12.6. The third-order valence-electron chi connectivity index (χ3n) is 3.53. The molecule has 0 heterocycles. The number of benzene rings is 2. The minimum atomic E-state index is -4.76. The van der Waals surface area contributed by atoms with Crippen LogP contribution in [0.1, 0.15) is 15.9 Å². The molecule has 0 spiro atoms. The zero-order valence-corrected chi connectivity index (χ0v) is 13.5. The molecule has 134 valence electrons. The lowest BCUT2D eigenvalue weighted by Gasteiger charge is -2.22. The average Bonchev–Trinajstić information content (AvgIpc) is 2.58. The van der Waals surface area contributed by atoms with Gasteiger partial charge in [0, 0.05) is 25.2 Å². The normalized spacial score (nSPS) is 11.2. The number of hydrogen-bond acceptors (Lipinski definition) is 3. The lowest BCUT2D eigenvalue weighted by atomic mass is 10.1. The van der Waals surface area contributed by atoms with Gasteiger partial charge in [-0.05, 0) is 36.2 Å². The van der Waals surface area contributed by atoms with Crippen molar-refractivity contribution in [1.82, 2.24) is 4.90 Å². The second-order valence-corrected chi connectivity index (χ2v) is 5.39. The molecule has 2 N–H and O–H groups in total. The number of nitrogens with zero attached hydrogens (tertiary/aromatic N) is 1. The van der Waals surface area contributed by atoms with E-state index in [0.29, 0.717) is 26.1 Å². The molecule has 0 aromatic heterocycles. The van der Waals surface area contributed by atoms with Crippen LogP contribution >= 0.6 is 0 Å². The number of carbonyl (C=O) groups is 1. The topological polar surface area (TPSA) is 55.6 Å². The summed E-state index contributed by atoms with van der Waals surface area (Å²) in [4.78, 5) is 14.1. The maximum absolute atomic E-state index is 12.6. The molecule has 1 amide bonds. The minimum Gasteiger partial charge on any atom is -0.406 e. The first kappa shape index (κ1) is 18.8. The van der Waals surface area contributed by atoms with Crippen molar-refractivity contribution in [3.8, 4) is 5.75 Å². The van der Waals surface area contributed by atoms with E-state index >= 15 is 0 Å². The van der Waals surface area contributed by atoms with Crippen LogP contribution in [0.5, 0.6) is 5.75 Å². The number of alkyl halides is 3. The first-order valence-electron chi connectivity index (χ1n) is 7.78. The zero-order valence-electron chi connectivity index (χ0n) is 13.5. The van der Waals surface area contributed by atoms with Crippen LogP contribution in [0.2, 0.25) is 0 Å². The van der Waals surface area contributed by atoms with E-state index in [1.54, 1.807) is 4.90 Å². The second kappa shape index (κ2) is 8.53. The van der Waals surface area contributed by atoms with E-state index < -0.39 is 6.36 Å². The Morgan fingerprint density at radius 3 is 2.20 bits per heavy atom. The fourth-order valence-corrected chi connectivity index (χ4v) is 2.36. The highest BCUT2D eigenvalue weighted by atomic mass is 19.4. The second-order valence-electron chi connectivity index (χ2n) is 5.39. The number of amides is 1. The Bertz CT molecular complexity index is 673. The summed E-state index contributed by atoms with van der Waals surface area (Å²) in [5.74, 6) is -0.640. The molecule has 0 bridgehead atoms. The summed E-state index contributed by atoms with van der Waals surface area (Å²) in [5, 5.41) is 0. The summed E-state index contributed by atoms with van der Waals surface area (Å²) < 4.78 is 40.3. The largest absolute Gasteiger partial charge is 0.573 e. The number of halogens is 3. The van der Waals surface area contributed by atoms with Crippen LogP contribution in [0.25, 0.3) is 0 Å². The molecule has 2 aromatic carbocycles. The summed E-state index contributed by atoms with van der Waals surface area (Å²) in [6.07, 6.45) is -4.09. The molecule has 25 heavy (non-hydrogen) atoms. The lowest BCUT2D eigenvalue weighted by molar-refractivity contribution is -0.274. The SMILES string of the molecule is NCCN(CCc1ccccc1)C(=O)c1ccc(OC(F)(F)F)cc1. The van der Waals surface area contributed by atoms with Crippen molar-refractivity contribution >= 4 is 5.91 Å². The first-order chi connectivity index (χ1) is 11.9. The van der Waals surface area contributed by atoms with Crippen LogP contribution in [-0.2, 0) is 6.42 Å². The number of hydrogen-bond donors (Lipinski definition) is 1. The summed E-state index contributed by atoms with van der Waals surface area (Å²) in [5.41, 5.74) is 6.95. The van der Waals surface area contributed by atoms with Gasteiger partial charge in [-0.25, -0.2) is 0 Å². The summed E-state index contributed by atoms with van der Waals surface area (Å²) in [6.45, 7) is 1.14. The summed E-state index contributed by atoms with van der Waals surface area (Å²) in [6, 6.07) is 14.6. The quantitative estimate of drug-likeness (QED) is 0.832. The van der Waals surface area contributed by atoms with E-state index in [4.69, 9.17) is 5.73 Å². The molecule has 2 rings (SSSR count). The van der Waals surface area contributed by atoms with Crippen molar-refractivity contribution in [1.29, 1.82) is 0 Å². The smallest absolute Gasteiger partial charge is 0.406 e. The van der Waals surface area contributed by atoms with Gasteiger partial charge >= 0.3 is 6.36 Å². The number of nitrogens with two attached hydrogens (primary N) is 1. The van der Waals surface area contributed by atoms with Gasteiger partial charge in [0.25, 0.3) is 5.91 Å². The predicted molar refractivity (Wildman–Crippen MR) is 88.2 cm³/mol. The van der Waals surface area contributed by atoms with Crippen molar-refractivity contribution in [2.24, 2.45) is 5.73 Å². The van der Waals surface area contributed by atoms with E-state index in [0.717, 1.165) is 17.7 Å². The monoisotopic (exact) mass is 352 g/mol. The van der Waals surface area contributed by atoms with Crippen LogP contribution in [0.4, 0.5) is 13.2 Å². The van der Waals surface area contributed by atoms with E-state index in [-0.39, 0.29) is 17.2 Å². The molecule has 0 atom stereocenters. The molecule has 0 unspecified atom stereocenters. The van der Waals surface area contributed by atoms with Crippen molar-refractivity contribution in [3.05, 3.63) is 65.7 Å². The van der Waals surface area contributed by atoms with E-state index in [2.05, 4.69) is 4.74 Å². The van der Waals surface area contributed by atoms with Gasteiger partial charge in [-0.1, -0.05) is 30.3 Å². The number of carbonyl (C=O) groups excluding carboxylic acids is 1. The highest BCUT2D eigenvalue weighted by Crippen LogP contribution is 2.23. The third kappa shape index (κ3) is 6.11. The Hall–Kier alpha value is -2.54. The molecule has 0 aliphatic carbocycles. The third-order valence-corrected chi connectivity index (χ3v) is 3.53. The summed E-state index contributed by atoms with van der Waals surface area (Å²) >= 11 is 0. The van der Waals surface area contributed by atoms with Crippen LogP contribution in [0, 0.1) is 0 Å². The van der Waals surface area contributed by atoms with Crippen molar-refractivity contribution in [3.63, 3.8) is 0 Å². The molecular formula is C18H19F3N2O2. The van der Waals surface area contributed by atoms with Crippen LogP contribution in [0.15, 0.2) is 54.6 Å². The molecule has 0 radical (unpaired) electrons. The predicted octanol–water partition coefficient (Wildman–Crippen LogP) is 3.23. The molecule has 7 heteroatoms. The van der Waals surface area contributed by atoms with Crippen LogP contribution < -0.4 is 10.5 Å². The van der Waals surface area contributed by atoms with Gasteiger partial charge in [-0.3, -0.25) is 4.79 Å². The first-order valence-corrected chi connectivity index (χ1v) is 7.78. The fourth-order valence-electron chi connectivity index (χ4n) is 2.36. The highest BCUT2D eigenvalue weighted by molar-refractivity contribution is 5.94. The Morgan fingerprint density at radius 2 is 1.64 bits per heavy atom. The van der Waals surface area contributed by atoms with Gasteiger partial charge in [0.1, 0.15) is 5.75 Å². The van der Waals surface area contributed by atoms with Gasteiger partial charge in [0.2, 0.25) is 0 Å². The standard InChI is InChI=1S/C18H19F3N2O2/c19-18(20,21)25-16-8-6-15(7-9-16)17(24)23(13-11-22)12-10-14-4-2-1-3-5-14/h1-9H,10-13,22H2. The van der Waals surface area contributed by atoms with E-state index in [1.165, 1.54) is 12.1 Å². The van der Waals surface area contributed by atoms with Gasteiger partial charge in [-0.2, -0.15) is 0 Å². The average molecular weight is 352 g/mol. The molecule has 0 saturated heterocycles. The molecule has 0 aliphatic rings. The van der Waals surface area contributed by atoms with Gasteiger partial charge < -0.3 is 15.4 Å². The van der Waals surface area contributed by atoms with Crippen LogP contribution in [-0.4, -0.2) is 36.8 Å². The lowest BCUT2D eigenvalue weighted by Crippen LogP contribution is -2.36. The maximum Gasteiger partial charge on any atom is 0.573 e. The van der Waals surface area contributed by atoms with Gasteiger partial charge in [-0.15, -0.1) is 13.2 Å². The van der Waals surface area contributed by atoms with Crippen molar-refractivity contribution < 1.29 is 22.7 Å². The number of ether oxygens (including phenoxy) is 1. The van der Waals surface area contributed by atoms with E-state index in [1.807, 2.05) is 30.3 Å². The Labute approximate surface area is 144 Å². The fraction of sp³-hybridized carbons (Fsp3) is 0.278. The Morgan fingerprint density at radius 1 is 1.00 bits per heavy atom. The van der Waals surface area contributed by atoms with E-state index in [9.17, 15) is 18.0 Å². The van der Waals surface area contributed by atoms with Gasteiger partial charge in [0.15, 0.2) is 0 Å². The molecular weight excluding hydrogens is 333 g/mol. The molecule has 0 aliphatic heterocycles. The summed E-state index contributed by atoms with van der Waals surface area (Å²) in [7, 11) is 0. The Kier molecular flexibility index (Phi) is 6.41. The molecule has 2 aromatic rings. The van der Waals surface area contributed by atoms with Crippen LogP contribution in [0.3, 0.4) is 0 Å². The van der Waals surface area contributed by atoms with Crippen molar-refractivity contribution in [2.45, 2.75) is 12.8 Å². The zero-order chi connectivity index (χ0) is 18.3. The minimum absolute atomic E-state index is 0.278. The molecule has 4 nitrogen and oxygen atoms in total. The molecule has 0 fully saturated rings. The van der Waals surface area contributed by atoms with Gasteiger partial charge in [0.05, 0.1) is 0 Å². The molecule has 0 saturated carbocycles. The van der Waals surface area contributed by atoms with Crippen molar-refractivity contribution in [2.75, 3.05) is 19.6 Å². The highest BCUT2D eigenvalue weighted by Gasteiger charge is 2.31. The number of rotatable bonds is 7.